The fourth-order valence-corrected chi connectivity index (χ4v) is 1.53. The first kappa shape index (κ1) is 12.3. The molecule has 0 radical (unpaired) electrons. The molecule has 0 aromatic carbocycles. The number of rotatable bonds is 5. The molecule has 0 amide bonds. The summed E-state index contributed by atoms with van der Waals surface area (Å²) in [5, 5.41) is 6.08. The lowest BCUT2D eigenvalue weighted by Crippen LogP contribution is -2.05. The fourth-order valence-electron chi connectivity index (χ4n) is 1.53. The van der Waals surface area contributed by atoms with Crippen LogP contribution < -0.4 is 10.6 Å². The van der Waals surface area contributed by atoms with Crippen molar-refractivity contribution in [1.29, 1.82) is 0 Å². The first-order chi connectivity index (χ1) is 8.71. The minimum absolute atomic E-state index is 0.513. The van der Waals surface area contributed by atoms with Gasteiger partial charge >= 0.3 is 0 Å². The molecule has 0 spiro atoms. The van der Waals surface area contributed by atoms with Crippen LogP contribution in [0.15, 0.2) is 16.7 Å². The second-order valence-electron chi connectivity index (χ2n) is 3.90. The molecule has 2 rings (SSSR count). The van der Waals surface area contributed by atoms with Gasteiger partial charge in [0.05, 0.1) is 12.7 Å². The molecule has 2 aromatic heterocycles. The third-order valence-corrected chi connectivity index (χ3v) is 2.45. The maximum absolute atomic E-state index is 5.51. The van der Waals surface area contributed by atoms with Crippen molar-refractivity contribution in [3.8, 4) is 0 Å². The Morgan fingerprint density at radius 3 is 2.83 bits per heavy atom. The van der Waals surface area contributed by atoms with Gasteiger partial charge in [0, 0.05) is 25.2 Å². The summed E-state index contributed by atoms with van der Waals surface area (Å²) in [7, 11) is 1.79. The van der Waals surface area contributed by atoms with E-state index in [4.69, 9.17) is 4.42 Å². The zero-order valence-corrected chi connectivity index (χ0v) is 10.8. The van der Waals surface area contributed by atoms with E-state index in [0.717, 1.165) is 23.7 Å². The molecular formula is C12H17N5O. The molecule has 6 nitrogen and oxygen atoms in total. The Labute approximate surface area is 106 Å². The van der Waals surface area contributed by atoms with Crippen LogP contribution in [0, 0.1) is 6.92 Å². The summed E-state index contributed by atoms with van der Waals surface area (Å²) in [6.07, 6.45) is 2.60. The van der Waals surface area contributed by atoms with E-state index in [9.17, 15) is 0 Å². The molecule has 0 saturated heterocycles. The molecule has 18 heavy (non-hydrogen) atoms. The van der Waals surface area contributed by atoms with Crippen molar-refractivity contribution in [2.45, 2.75) is 26.8 Å². The number of nitrogens with one attached hydrogen (secondary N) is 2. The van der Waals surface area contributed by atoms with Crippen molar-refractivity contribution >= 4 is 11.8 Å². The van der Waals surface area contributed by atoms with Crippen LogP contribution in [-0.4, -0.2) is 22.0 Å². The third kappa shape index (κ3) is 2.97. The largest absolute Gasteiger partial charge is 0.444 e. The second-order valence-corrected chi connectivity index (χ2v) is 3.90. The Hall–Kier alpha value is -2.11. The van der Waals surface area contributed by atoms with Crippen molar-refractivity contribution in [3.63, 3.8) is 0 Å². The van der Waals surface area contributed by atoms with E-state index in [0.29, 0.717) is 18.4 Å². The molecular weight excluding hydrogens is 230 g/mol. The summed E-state index contributed by atoms with van der Waals surface area (Å²) in [6.45, 7) is 4.47. The van der Waals surface area contributed by atoms with Crippen molar-refractivity contribution < 1.29 is 4.42 Å². The van der Waals surface area contributed by atoms with Crippen LogP contribution in [0.4, 0.5) is 11.8 Å². The maximum atomic E-state index is 5.51. The lowest BCUT2D eigenvalue weighted by Gasteiger charge is -2.06. The molecule has 0 unspecified atom stereocenters. The minimum Gasteiger partial charge on any atom is -0.444 e. The molecule has 2 aromatic rings. The number of aromatic nitrogens is 3. The molecule has 2 heterocycles. The Balaban J connectivity index is 2.03. The molecule has 0 bridgehead atoms. The van der Waals surface area contributed by atoms with Crippen LogP contribution in [0.5, 0.6) is 0 Å². The van der Waals surface area contributed by atoms with Gasteiger partial charge in [-0.25, -0.2) is 9.97 Å². The van der Waals surface area contributed by atoms with Crippen molar-refractivity contribution in [1.82, 2.24) is 15.0 Å². The topological polar surface area (TPSA) is 75.9 Å². The smallest absolute Gasteiger partial charge is 0.224 e. The quantitative estimate of drug-likeness (QED) is 0.841. The SMILES string of the molecule is CCc1cnc(CNc2cc(C)nc(NC)n2)o1. The maximum Gasteiger partial charge on any atom is 0.224 e. The first-order valence-electron chi connectivity index (χ1n) is 5.92. The zero-order chi connectivity index (χ0) is 13.0. The highest BCUT2D eigenvalue weighted by molar-refractivity contribution is 5.41. The molecule has 0 aliphatic carbocycles. The van der Waals surface area contributed by atoms with Gasteiger partial charge in [0.2, 0.25) is 11.8 Å². The molecule has 0 aliphatic heterocycles. The van der Waals surface area contributed by atoms with Crippen LogP contribution in [0.1, 0.15) is 24.3 Å². The minimum atomic E-state index is 0.513. The molecule has 6 heteroatoms. The first-order valence-corrected chi connectivity index (χ1v) is 5.92. The van der Waals surface area contributed by atoms with Crippen molar-refractivity contribution in [2.24, 2.45) is 0 Å². The van der Waals surface area contributed by atoms with E-state index in [2.05, 4.69) is 25.6 Å². The highest BCUT2D eigenvalue weighted by atomic mass is 16.4. The number of anilines is 2. The van der Waals surface area contributed by atoms with E-state index in [1.165, 1.54) is 0 Å². The van der Waals surface area contributed by atoms with Gasteiger partial charge in [-0.3, -0.25) is 0 Å². The van der Waals surface area contributed by atoms with Gasteiger partial charge in [-0.05, 0) is 6.92 Å². The Kier molecular flexibility index (Phi) is 3.76. The summed E-state index contributed by atoms with van der Waals surface area (Å²) in [4.78, 5) is 12.7. The standard InChI is InChI=1S/C12H17N5O/c1-4-9-6-15-11(18-9)7-14-10-5-8(2)16-12(13-3)17-10/h5-6H,4,7H2,1-3H3,(H2,13,14,16,17). The predicted molar refractivity (Wildman–Crippen MR) is 69.5 cm³/mol. The average Bonchev–Trinajstić information content (AvgIpc) is 2.83. The number of aryl methyl sites for hydroxylation is 2. The van der Waals surface area contributed by atoms with Crippen LogP contribution >= 0.6 is 0 Å². The van der Waals surface area contributed by atoms with Gasteiger partial charge < -0.3 is 15.1 Å². The van der Waals surface area contributed by atoms with E-state index < -0.39 is 0 Å². The summed E-state index contributed by atoms with van der Waals surface area (Å²) in [5.74, 6) is 2.90. The molecule has 2 N–H and O–H groups in total. The van der Waals surface area contributed by atoms with E-state index >= 15 is 0 Å². The number of oxazole rings is 1. The Morgan fingerprint density at radius 1 is 1.33 bits per heavy atom. The summed E-state index contributed by atoms with van der Waals surface area (Å²) in [6, 6.07) is 1.88. The van der Waals surface area contributed by atoms with Gasteiger partial charge in [0.1, 0.15) is 11.6 Å². The molecule has 96 valence electrons. The normalized spacial score (nSPS) is 10.4. The number of hydrogen-bond acceptors (Lipinski definition) is 6. The molecule has 0 saturated carbocycles. The van der Waals surface area contributed by atoms with Crippen LogP contribution in [0.25, 0.3) is 0 Å². The van der Waals surface area contributed by atoms with E-state index in [-0.39, 0.29) is 0 Å². The Bertz CT molecular complexity index is 523. The van der Waals surface area contributed by atoms with Crippen LogP contribution in [0.3, 0.4) is 0 Å². The summed E-state index contributed by atoms with van der Waals surface area (Å²) in [5.41, 5.74) is 0.901. The van der Waals surface area contributed by atoms with E-state index in [1.807, 2.05) is 19.9 Å². The highest BCUT2D eigenvalue weighted by Crippen LogP contribution is 2.11. The van der Waals surface area contributed by atoms with Crippen molar-refractivity contribution in [2.75, 3.05) is 17.7 Å². The molecule has 0 atom stereocenters. The van der Waals surface area contributed by atoms with E-state index in [1.54, 1.807) is 13.2 Å². The lowest BCUT2D eigenvalue weighted by atomic mass is 10.4. The number of hydrogen-bond donors (Lipinski definition) is 2. The van der Waals surface area contributed by atoms with Gasteiger partial charge in [0.25, 0.3) is 0 Å². The van der Waals surface area contributed by atoms with Gasteiger partial charge in [-0.15, -0.1) is 0 Å². The lowest BCUT2D eigenvalue weighted by molar-refractivity contribution is 0.465. The monoisotopic (exact) mass is 247 g/mol. The zero-order valence-electron chi connectivity index (χ0n) is 10.8. The highest BCUT2D eigenvalue weighted by Gasteiger charge is 2.04. The summed E-state index contributed by atoms with van der Waals surface area (Å²) < 4.78 is 5.51. The number of nitrogens with zero attached hydrogens (tertiary/aromatic N) is 3. The van der Waals surface area contributed by atoms with Crippen LogP contribution in [-0.2, 0) is 13.0 Å². The second kappa shape index (κ2) is 5.48. The summed E-state index contributed by atoms with van der Waals surface area (Å²) >= 11 is 0. The van der Waals surface area contributed by atoms with Gasteiger partial charge in [0.15, 0.2) is 0 Å². The predicted octanol–water partition coefficient (Wildman–Crippen LogP) is 1.99. The molecule has 0 fully saturated rings. The van der Waals surface area contributed by atoms with Crippen LogP contribution in [0.2, 0.25) is 0 Å². The van der Waals surface area contributed by atoms with Gasteiger partial charge in [-0.2, -0.15) is 4.98 Å². The average molecular weight is 247 g/mol. The van der Waals surface area contributed by atoms with Crippen molar-refractivity contribution in [3.05, 3.63) is 29.6 Å². The third-order valence-electron chi connectivity index (χ3n) is 2.45. The Morgan fingerprint density at radius 2 is 2.17 bits per heavy atom. The van der Waals surface area contributed by atoms with Gasteiger partial charge in [-0.1, -0.05) is 6.92 Å². The molecule has 0 aliphatic rings. The fraction of sp³-hybridized carbons (Fsp3) is 0.417.